The first kappa shape index (κ1) is 22.3. The van der Waals surface area contributed by atoms with Crippen molar-refractivity contribution in [2.45, 2.75) is 42.7 Å². The summed E-state index contributed by atoms with van der Waals surface area (Å²) in [5, 5.41) is 42.1. The Balaban J connectivity index is 1.29. The van der Waals surface area contributed by atoms with E-state index < -0.39 is 29.9 Å². The van der Waals surface area contributed by atoms with Gasteiger partial charge < -0.3 is 31.3 Å². The number of carbonyl (C=O) groups excluding carboxylic acids is 3. The molecular formula is C24H26N8O4. The zero-order valence-corrected chi connectivity index (χ0v) is 19.2. The minimum absolute atomic E-state index is 0.00200. The zero-order valence-electron chi connectivity index (χ0n) is 19.2. The second-order valence-corrected chi connectivity index (χ2v) is 9.61. The van der Waals surface area contributed by atoms with Gasteiger partial charge in [0.05, 0.1) is 24.7 Å². The summed E-state index contributed by atoms with van der Waals surface area (Å²) < 4.78 is 0. The lowest BCUT2D eigenvalue weighted by Gasteiger charge is -2.49. The van der Waals surface area contributed by atoms with Crippen molar-refractivity contribution in [3.63, 3.8) is 0 Å². The first-order valence-corrected chi connectivity index (χ1v) is 11.9. The largest absolute Gasteiger partial charge is 0.386 e. The SMILES string of the molecule is N=C1NC2C(CN3C(=O)CCC3=O)NC(=N)N3CC(NC(=O)c4cccc5ccccc45)C(O)C23N1. The second kappa shape index (κ2) is 7.92. The smallest absolute Gasteiger partial charge is 0.252 e. The third-order valence-corrected chi connectivity index (χ3v) is 7.64. The summed E-state index contributed by atoms with van der Waals surface area (Å²) in [5.74, 6) is -0.990. The lowest BCUT2D eigenvalue weighted by Crippen LogP contribution is -2.78. The Kier molecular flexibility index (Phi) is 4.90. The lowest BCUT2D eigenvalue weighted by atomic mass is 9.87. The van der Waals surface area contributed by atoms with Crippen molar-refractivity contribution in [3.8, 4) is 0 Å². The molecule has 36 heavy (non-hydrogen) atoms. The fraction of sp³-hybridized carbons (Fsp3) is 0.375. The first-order valence-electron chi connectivity index (χ1n) is 11.9. The van der Waals surface area contributed by atoms with Crippen molar-refractivity contribution >= 4 is 40.4 Å². The Morgan fingerprint density at radius 2 is 1.81 bits per heavy atom. The molecule has 186 valence electrons. The number of aliphatic hydroxyl groups excluding tert-OH is 1. The van der Waals surface area contributed by atoms with Crippen molar-refractivity contribution in [3.05, 3.63) is 48.0 Å². The van der Waals surface area contributed by atoms with Crippen LogP contribution in [0.3, 0.4) is 0 Å². The molecule has 4 aliphatic heterocycles. The molecule has 0 bridgehead atoms. The van der Waals surface area contributed by atoms with E-state index in [1.165, 1.54) is 4.90 Å². The highest BCUT2D eigenvalue weighted by molar-refractivity contribution is 6.07. The average molecular weight is 491 g/mol. The Morgan fingerprint density at radius 3 is 2.58 bits per heavy atom. The summed E-state index contributed by atoms with van der Waals surface area (Å²) >= 11 is 0. The maximum atomic E-state index is 13.3. The molecule has 0 saturated carbocycles. The quantitative estimate of drug-likeness (QED) is 0.263. The van der Waals surface area contributed by atoms with Gasteiger partial charge in [0.2, 0.25) is 11.8 Å². The molecular weight excluding hydrogens is 464 g/mol. The van der Waals surface area contributed by atoms with Crippen molar-refractivity contribution < 1.29 is 19.5 Å². The number of likely N-dealkylation sites (tertiary alicyclic amines) is 1. The van der Waals surface area contributed by atoms with Crippen molar-refractivity contribution in [2.24, 2.45) is 0 Å². The molecule has 0 aliphatic carbocycles. The molecule has 4 fully saturated rings. The van der Waals surface area contributed by atoms with E-state index in [1.807, 2.05) is 30.3 Å². The summed E-state index contributed by atoms with van der Waals surface area (Å²) in [6, 6.07) is 10.9. The van der Waals surface area contributed by atoms with Crippen LogP contribution in [-0.4, -0.2) is 87.5 Å². The number of rotatable bonds is 4. The molecule has 6 rings (SSSR count). The first-order chi connectivity index (χ1) is 17.3. The van der Waals surface area contributed by atoms with Gasteiger partial charge in [-0.15, -0.1) is 0 Å². The maximum absolute atomic E-state index is 13.3. The van der Waals surface area contributed by atoms with Gasteiger partial charge >= 0.3 is 0 Å². The number of amides is 3. The number of nitrogens with one attached hydrogen (secondary N) is 6. The summed E-state index contributed by atoms with van der Waals surface area (Å²) in [5.41, 5.74) is -0.839. The number of fused-ring (bicyclic) bond motifs is 1. The Hall–Kier alpha value is -4.19. The minimum atomic E-state index is -1.31. The summed E-state index contributed by atoms with van der Waals surface area (Å²) in [7, 11) is 0. The van der Waals surface area contributed by atoms with Crippen LogP contribution < -0.4 is 21.3 Å². The van der Waals surface area contributed by atoms with Gasteiger partial charge in [-0.3, -0.25) is 30.1 Å². The third kappa shape index (κ3) is 3.14. The van der Waals surface area contributed by atoms with E-state index in [1.54, 1.807) is 17.0 Å². The van der Waals surface area contributed by atoms with E-state index in [0.717, 1.165) is 10.8 Å². The van der Waals surface area contributed by atoms with Crippen LogP contribution in [0.15, 0.2) is 42.5 Å². The highest BCUT2D eigenvalue weighted by Gasteiger charge is 2.67. The van der Waals surface area contributed by atoms with E-state index in [0.29, 0.717) is 5.56 Å². The highest BCUT2D eigenvalue weighted by atomic mass is 16.3. The molecule has 2 aromatic carbocycles. The predicted octanol–water partition coefficient (Wildman–Crippen LogP) is -1.14. The van der Waals surface area contributed by atoms with Gasteiger partial charge in [0, 0.05) is 24.9 Å². The topological polar surface area (TPSA) is 174 Å². The molecule has 0 aromatic heterocycles. The molecule has 4 saturated heterocycles. The van der Waals surface area contributed by atoms with Crippen LogP contribution in [0.1, 0.15) is 23.2 Å². The standard InChI is InChI=1S/C24H26N8O4/c25-22-29-19-15(10-31-17(33)8-9-18(31)34)28-23(26)32-11-16(20(35)24(19,32)30-22)27-21(36)14-7-3-5-12-4-1-2-6-13(12)14/h1-7,15-16,19-20,35H,8-11H2,(H2,26,28)(H,27,36)(H3,25,29,30). The van der Waals surface area contributed by atoms with Crippen LogP contribution in [0.25, 0.3) is 10.8 Å². The molecule has 0 radical (unpaired) electrons. The molecule has 12 nitrogen and oxygen atoms in total. The Bertz CT molecular complexity index is 1310. The minimum Gasteiger partial charge on any atom is -0.386 e. The average Bonchev–Trinajstić information content (AvgIpc) is 3.48. The number of guanidine groups is 2. The van der Waals surface area contributed by atoms with E-state index >= 15 is 0 Å². The van der Waals surface area contributed by atoms with Gasteiger partial charge in [-0.2, -0.15) is 0 Å². The van der Waals surface area contributed by atoms with Crippen molar-refractivity contribution in [1.82, 2.24) is 31.1 Å². The Labute approximate surface area is 206 Å². The Morgan fingerprint density at radius 1 is 1.08 bits per heavy atom. The van der Waals surface area contributed by atoms with Gasteiger partial charge in [0.1, 0.15) is 6.10 Å². The second-order valence-electron chi connectivity index (χ2n) is 9.61. The fourth-order valence-electron chi connectivity index (χ4n) is 5.98. The molecule has 5 atom stereocenters. The highest BCUT2D eigenvalue weighted by Crippen LogP contribution is 2.38. The number of hydrogen-bond donors (Lipinski definition) is 7. The van der Waals surface area contributed by atoms with Gasteiger partial charge in [-0.05, 0) is 16.8 Å². The van der Waals surface area contributed by atoms with Gasteiger partial charge in [-0.25, -0.2) is 0 Å². The van der Waals surface area contributed by atoms with Crippen molar-refractivity contribution in [1.29, 1.82) is 10.8 Å². The van der Waals surface area contributed by atoms with E-state index in [2.05, 4.69) is 21.3 Å². The summed E-state index contributed by atoms with van der Waals surface area (Å²) in [6.45, 7) is 0.123. The number of benzene rings is 2. The molecule has 5 unspecified atom stereocenters. The normalized spacial score (nSPS) is 31.1. The lowest BCUT2D eigenvalue weighted by molar-refractivity contribution is -0.139. The summed E-state index contributed by atoms with van der Waals surface area (Å²) in [4.78, 5) is 40.5. The number of carbonyl (C=O) groups is 3. The fourth-order valence-corrected chi connectivity index (χ4v) is 5.98. The van der Waals surface area contributed by atoms with Crippen molar-refractivity contribution in [2.75, 3.05) is 13.1 Å². The van der Waals surface area contributed by atoms with Crippen LogP contribution in [0.4, 0.5) is 0 Å². The van der Waals surface area contributed by atoms with E-state index in [-0.39, 0.29) is 55.6 Å². The molecule has 7 N–H and O–H groups in total. The zero-order chi connectivity index (χ0) is 25.2. The van der Waals surface area contributed by atoms with Crippen LogP contribution in [0.2, 0.25) is 0 Å². The molecule has 4 heterocycles. The third-order valence-electron chi connectivity index (χ3n) is 7.64. The van der Waals surface area contributed by atoms with Crippen LogP contribution in [-0.2, 0) is 9.59 Å². The van der Waals surface area contributed by atoms with E-state index in [4.69, 9.17) is 10.8 Å². The molecule has 1 spiro atoms. The van der Waals surface area contributed by atoms with Crippen LogP contribution in [0.5, 0.6) is 0 Å². The van der Waals surface area contributed by atoms with Crippen LogP contribution >= 0.6 is 0 Å². The number of aliphatic hydroxyl groups is 1. The van der Waals surface area contributed by atoms with E-state index in [9.17, 15) is 19.5 Å². The predicted molar refractivity (Wildman–Crippen MR) is 129 cm³/mol. The van der Waals surface area contributed by atoms with Gasteiger partial charge in [-0.1, -0.05) is 36.4 Å². The number of imide groups is 1. The molecule has 2 aromatic rings. The number of hydrogen-bond acceptors (Lipinski definition) is 6. The monoisotopic (exact) mass is 490 g/mol. The summed E-state index contributed by atoms with van der Waals surface area (Å²) in [6.07, 6.45) is -0.902. The molecule has 4 aliphatic rings. The van der Waals surface area contributed by atoms with Gasteiger partial charge in [0.15, 0.2) is 17.6 Å². The van der Waals surface area contributed by atoms with Gasteiger partial charge in [0.25, 0.3) is 5.91 Å². The maximum Gasteiger partial charge on any atom is 0.252 e. The molecule has 3 amide bonds. The van der Waals surface area contributed by atoms with Crippen LogP contribution in [0, 0.1) is 10.8 Å². The molecule has 12 heteroatoms. The number of nitrogens with zero attached hydrogens (tertiary/aromatic N) is 2.